The summed E-state index contributed by atoms with van der Waals surface area (Å²) in [6, 6.07) is 10.7. The van der Waals surface area contributed by atoms with Crippen LogP contribution in [0.5, 0.6) is 5.75 Å². The summed E-state index contributed by atoms with van der Waals surface area (Å²) in [6.07, 6.45) is 0.640. The Morgan fingerprint density at radius 1 is 1.03 bits per heavy atom. The Kier molecular flexibility index (Phi) is 9.11. The molecule has 3 aromatic rings. The molecule has 0 fully saturated rings. The molecule has 2 aromatic heterocycles. The van der Waals surface area contributed by atoms with Crippen molar-refractivity contribution in [1.29, 1.82) is 0 Å². The minimum Gasteiger partial charge on any atom is -0.486 e. The van der Waals surface area contributed by atoms with Gasteiger partial charge in [0.25, 0.3) is 5.91 Å². The smallest absolute Gasteiger partial charge is 0.348 e. The highest BCUT2D eigenvalue weighted by Gasteiger charge is 2.28. The van der Waals surface area contributed by atoms with Crippen LogP contribution in [0.3, 0.4) is 0 Å². The van der Waals surface area contributed by atoms with E-state index in [0.717, 1.165) is 14.9 Å². The first-order valence-corrected chi connectivity index (χ1v) is 12.5. The van der Waals surface area contributed by atoms with Crippen molar-refractivity contribution in [3.63, 3.8) is 0 Å². The second-order valence-corrected chi connectivity index (χ2v) is 9.35. The van der Waals surface area contributed by atoms with E-state index in [9.17, 15) is 14.4 Å². The molecule has 0 aliphatic rings. The molecule has 180 valence electrons. The Balaban J connectivity index is 1.76. The Labute approximate surface area is 214 Å². The predicted octanol–water partition coefficient (Wildman–Crippen LogP) is 5.83. The molecule has 34 heavy (non-hydrogen) atoms. The van der Waals surface area contributed by atoms with Crippen molar-refractivity contribution < 1.29 is 33.0 Å². The highest BCUT2D eigenvalue weighted by atomic mass is 127. The lowest BCUT2D eigenvalue weighted by molar-refractivity contribution is 0.0506. The third kappa shape index (κ3) is 6.38. The fraction of sp³-hybridized carbons (Fsp3) is 0.292. The first-order valence-electron chi connectivity index (χ1n) is 10.6. The van der Waals surface area contributed by atoms with Gasteiger partial charge < -0.3 is 23.9 Å². The first-order chi connectivity index (χ1) is 16.3. The van der Waals surface area contributed by atoms with E-state index in [1.54, 1.807) is 19.9 Å². The van der Waals surface area contributed by atoms with Crippen molar-refractivity contribution in [1.82, 2.24) is 0 Å². The van der Waals surface area contributed by atoms with Gasteiger partial charge >= 0.3 is 11.9 Å². The average molecular weight is 597 g/mol. The van der Waals surface area contributed by atoms with Crippen molar-refractivity contribution in [3.05, 3.63) is 67.5 Å². The number of carbonyl (C=O) groups is 3. The molecular formula is C24H24INO7S. The van der Waals surface area contributed by atoms with Crippen LogP contribution in [0.15, 0.2) is 40.8 Å². The summed E-state index contributed by atoms with van der Waals surface area (Å²) in [5.41, 5.74) is 0.523. The van der Waals surface area contributed by atoms with Gasteiger partial charge in [0.2, 0.25) is 0 Å². The number of amides is 1. The number of hydrogen-bond acceptors (Lipinski definition) is 8. The van der Waals surface area contributed by atoms with Gasteiger partial charge in [-0.2, -0.15) is 0 Å². The summed E-state index contributed by atoms with van der Waals surface area (Å²) in [6.45, 7) is 5.74. The number of furan rings is 1. The highest BCUT2D eigenvalue weighted by Crippen LogP contribution is 2.35. The number of carbonyl (C=O) groups excluding carboxylic acids is 3. The lowest BCUT2D eigenvalue weighted by Crippen LogP contribution is -2.14. The van der Waals surface area contributed by atoms with Gasteiger partial charge in [0.1, 0.15) is 28.0 Å². The number of ether oxygens (including phenoxy) is 3. The largest absolute Gasteiger partial charge is 0.486 e. The molecule has 0 aliphatic carbocycles. The monoisotopic (exact) mass is 597 g/mol. The summed E-state index contributed by atoms with van der Waals surface area (Å²) in [5.74, 6) is -0.574. The number of hydrogen-bond donors (Lipinski definition) is 1. The normalized spacial score (nSPS) is 10.6. The molecule has 1 aromatic carbocycles. The highest BCUT2D eigenvalue weighted by molar-refractivity contribution is 14.1. The summed E-state index contributed by atoms with van der Waals surface area (Å²) < 4.78 is 22.7. The zero-order valence-corrected chi connectivity index (χ0v) is 21.9. The maximum atomic E-state index is 12.8. The van der Waals surface area contributed by atoms with Gasteiger partial charge in [-0.15, -0.1) is 11.3 Å². The number of esters is 2. The Morgan fingerprint density at radius 3 is 2.44 bits per heavy atom. The van der Waals surface area contributed by atoms with E-state index >= 15 is 0 Å². The van der Waals surface area contributed by atoms with Gasteiger partial charge in [0.15, 0.2) is 5.76 Å². The Bertz CT molecular complexity index is 1170. The van der Waals surface area contributed by atoms with Gasteiger partial charge in [-0.25, -0.2) is 9.59 Å². The summed E-state index contributed by atoms with van der Waals surface area (Å²) in [5, 5.41) is 2.87. The molecule has 1 N–H and O–H groups in total. The molecule has 0 radical (unpaired) electrons. The summed E-state index contributed by atoms with van der Waals surface area (Å²) in [4.78, 5) is 38.0. The van der Waals surface area contributed by atoms with Crippen molar-refractivity contribution in [2.24, 2.45) is 0 Å². The van der Waals surface area contributed by atoms with Gasteiger partial charge in [0.05, 0.1) is 18.8 Å². The fourth-order valence-electron chi connectivity index (χ4n) is 2.93. The summed E-state index contributed by atoms with van der Waals surface area (Å²) in [7, 11) is 0. The Morgan fingerprint density at radius 2 is 1.76 bits per heavy atom. The van der Waals surface area contributed by atoms with Crippen LogP contribution in [0.1, 0.15) is 62.2 Å². The van der Waals surface area contributed by atoms with E-state index in [-0.39, 0.29) is 41.0 Å². The molecule has 0 saturated heterocycles. The average Bonchev–Trinajstić information content (AvgIpc) is 3.42. The van der Waals surface area contributed by atoms with Crippen molar-refractivity contribution >= 4 is 56.8 Å². The van der Waals surface area contributed by atoms with Gasteiger partial charge in [-0.1, -0.05) is 6.92 Å². The van der Waals surface area contributed by atoms with Crippen LogP contribution in [-0.4, -0.2) is 31.1 Å². The SMILES string of the molecule is CCCOC(=O)c1c(NC(=O)c2ccc(COc3ccc(I)cc3)o2)sc(C(=O)OCC)c1C. The van der Waals surface area contributed by atoms with Crippen LogP contribution >= 0.6 is 33.9 Å². The van der Waals surface area contributed by atoms with E-state index in [1.165, 1.54) is 6.07 Å². The third-order valence-electron chi connectivity index (χ3n) is 4.56. The zero-order valence-electron chi connectivity index (χ0n) is 18.9. The maximum absolute atomic E-state index is 12.8. The topological polar surface area (TPSA) is 104 Å². The molecule has 10 heteroatoms. The van der Waals surface area contributed by atoms with E-state index < -0.39 is 17.8 Å². The minimum absolute atomic E-state index is 0.0397. The predicted molar refractivity (Wildman–Crippen MR) is 136 cm³/mol. The second-order valence-electron chi connectivity index (χ2n) is 7.08. The minimum atomic E-state index is -0.618. The van der Waals surface area contributed by atoms with Crippen LogP contribution in [0.2, 0.25) is 0 Å². The molecule has 2 heterocycles. The van der Waals surface area contributed by atoms with E-state index in [4.69, 9.17) is 18.6 Å². The van der Waals surface area contributed by atoms with Gasteiger partial charge in [-0.05, 0) is 84.8 Å². The van der Waals surface area contributed by atoms with E-state index in [2.05, 4.69) is 27.9 Å². The lowest BCUT2D eigenvalue weighted by Gasteiger charge is -2.07. The molecular weight excluding hydrogens is 573 g/mol. The molecule has 0 saturated carbocycles. The van der Waals surface area contributed by atoms with Gasteiger partial charge in [-0.3, -0.25) is 4.79 Å². The van der Waals surface area contributed by atoms with Crippen LogP contribution < -0.4 is 10.1 Å². The van der Waals surface area contributed by atoms with Crippen LogP contribution in [0.4, 0.5) is 5.00 Å². The molecule has 0 unspecified atom stereocenters. The number of anilines is 1. The van der Waals surface area contributed by atoms with Crippen molar-refractivity contribution in [2.45, 2.75) is 33.8 Å². The number of nitrogens with one attached hydrogen (secondary N) is 1. The Hall–Kier alpha value is -2.86. The first kappa shape index (κ1) is 25.8. The molecule has 0 bridgehead atoms. The lowest BCUT2D eigenvalue weighted by atomic mass is 10.1. The van der Waals surface area contributed by atoms with E-state index in [0.29, 0.717) is 23.5 Å². The molecule has 8 nitrogen and oxygen atoms in total. The number of rotatable bonds is 10. The standard InChI is InChI=1S/C24H24INO7S/c1-4-12-31-23(28)19-14(3)20(24(29)30-5-2)34-22(19)26-21(27)18-11-10-17(33-18)13-32-16-8-6-15(25)7-9-16/h6-11H,4-5,12-13H2,1-3H3,(H,26,27). The molecule has 0 atom stereocenters. The fourth-order valence-corrected chi connectivity index (χ4v) is 4.38. The number of halogens is 1. The second kappa shape index (κ2) is 12.0. The quantitative estimate of drug-likeness (QED) is 0.232. The molecule has 1 amide bonds. The zero-order chi connectivity index (χ0) is 24.7. The molecule has 0 aliphatic heterocycles. The van der Waals surface area contributed by atoms with Crippen LogP contribution in [0, 0.1) is 10.5 Å². The maximum Gasteiger partial charge on any atom is 0.348 e. The van der Waals surface area contributed by atoms with E-state index in [1.807, 2.05) is 31.2 Å². The van der Waals surface area contributed by atoms with Gasteiger partial charge in [0, 0.05) is 3.57 Å². The van der Waals surface area contributed by atoms with Crippen molar-refractivity contribution in [3.8, 4) is 5.75 Å². The number of benzene rings is 1. The van der Waals surface area contributed by atoms with Crippen LogP contribution in [-0.2, 0) is 16.1 Å². The number of thiophene rings is 1. The third-order valence-corrected chi connectivity index (χ3v) is 6.46. The summed E-state index contributed by atoms with van der Waals surface area (Å²) >= 11 is 3.17. The molecule has 0 spiro atoms. The van der Waals surface area contributed by atoms with Crippen LogP contribution in [0.25, 0.3) is 0 Å². The molecule has 3 rings (SSSR count). The van der Waals surface area contributed by atoms with Crippen molar-refractivity contribution in [2.75, 3.05) is 18.5 Å².